The molecule has 0 aliphatic heterocycles. The molecule has 0 aromatic heterocycles. The first-order valence-electron chi connectivity index (χ1n) is 3.59. The predicted molar refractivity (Wildman–Crippen MR) is 39.9 cm³/mol. The third-order valence-electron chi connectivity index (χ3n) is 1.47. The molecule has 0 aliphatic rings. The molecule has 0 bridgehead atoms. The van der Waals surface area contributed by atoms with Crippen LogP contribution in [-0.4, -0.2) is 42.0 Å². The molecule has 3 heteroatoms. The molecular formula is C7H15NO2. The summed E-state index contributed by atoms with van der Waals surface area (Å²) in [5.74, 6) is -0.108. The maximum atomic E-state index is 10.6. The Bertz CT molecular complexity index is 99.8. The number of aliphatic hydroxyl groups excluding tert-OH is 1. The standard InChI is InChI=1S/C7H15NO2/c1-3-8(4-2)5-7(10)6-9/h9H,3-6H2,1-2H3. The van der Waals surface area contributed by atoms with E-state index < -0.39 is 0 Å². The van der Waals surface area contributed by atoms with E-state index in [1.807, 2.05) is 18.7 Å². The monoisotopic (exact) mass is 145 g/mol. The fraction of sp³-hybridized carbons (Fsp3) is 0.857. The van der Waals surface area contributed by atoms with Crippen molar-refractivity contribution in [3.8, 4) is 0 Å². The van der Waals surface area contributed by atoms with Crippen molar-refractivity contribution in [3.05, 3.63) is 0 Å². The second kappa shape index (κ2) is 5.38. The number of hydrogen-bond donors (Lipinski definition) is 1. The highest BCUT2D eigenvalue weighted by molar-refractivity contribution is 5.81. The first-order valence-corrected chi connectivity index (χ1v) is 3.59. The van der Waals surface area contributed by atoms with Gasteiger partial charge >= 0.3 is 0 Å². The van der Waals surface area contributed by atoms with Gasteiger partial charge in [-0.15, -0.1) is 0 Å². The molecule has 0 rings (SSSR count). The first kappa shape index (κ1) is 9.59. The zero-order valence-corrected chi connectivity index (χ0v) is 6.63. The Morgan fingerprint density at radius 1 is 1.40 bits per heavy atom. The third-order valence-corrected chi connectivity index (χ3v) is 1.47. The number of rotatable bonds is 5. The number of carbonyl (C=O) groups is 1. The van der Waals surface area contributed by atoms with E-state index in [4.69, 9.17) is 5.11 Å². The number of Topliss-reactive ketones (excluding diaryl/α,β-unsaturated/α-hetero) is 1. The Labute approximate surface area is 61.6 Å². The van der Waals surface area contributed by atoms with E-state index in [9.17, 15) is 4.79 Å². The fourth-order valence-corrected chi connectivity index (χ4v) is 0.747. The summed E-state index contributed by atoms with van der Waals surface area (Å²) in [6.07, 6.45) is 0. The number of carbonyl (C=O) groups excluding carboxylic acids is 1. The van der Waals surface area contributed by atoms with Crippen molar-refractivity contribution in [2.45, 2.75) is 13.8 Å². The molecule has 1 N–H and O–H groups in total. The summed E-state index contributed by atoms with van der Waals surface area (Å²) >= 11 is 0. The minimum atomic E-state index is -0.337. The van der Waals surface area contributed by atoms with Gasteiger partial charge < -0.3 is 5.11 Å². The summed E-state index contributed by atoms with van der Waals surface area (Å²) in [5.41, 5.74) is 0. The van der Waals surface area contributed by atoms with Crippen LogP contribution in [0.4, 0.5) is 0 Å². The Morgan fingerprint density at radius 2 is 1.90 bits per heavy atom. The number of hydrogen-bond acceptors (Lipinski definition) is 3. The van der Waals surface area contributed by atoms with E-state index in [2.05, 4.69) is 0 Å². The van der Waals surface area contributed by atoms with Gasteiger partial charge in [-0.2, -0.15) is 0 Å². The van der Waals surface area contributed by atoms with E-state index >= 15 is 0 Å². The molecule has 0 fully saturated rings. The smallest absolute Gasteiger partial charge is 0.172 e. The molecule has 60 valence electrons. The Kier molecular flexibility index (Phi) is 5.16. The summed E-state index contributed by atoms with van der Waals surface area (Å²) in [5, 5.41) is 8.40. The van der Waals surface area contributed by atoms with Crippen LogP contribution in [0, 0.1) is 0 Å². The van der Waals surface area contributed by atoms with Crippen molar-refractivity contribution < 1.29 is 9.90 Å². The molecule has 3 nitrogen and oxygen atoms in total. The van der Waals surface area contributed by atoms with Crippen LogP contribution in [0.1, 0.15) is 13.8 Å². The quantitative estimate of drug-likeness (QED) is 0.587. The van der Waals surface area contributed by atoms with Crippen LogP contribution in [0.5, 0.6) is 0 Å². The van der Waals surface area contributed by atoms with E-state index in [0.717, 1.165) is 13.1 Å². The van der Waals surface area contributed by atoms with Gasteiger partial charge in [-0.25, -0.2) is 0 Å². The van der Waals surface area contributed by atoms with Crippen LogP contribution in [0.2, 0.25) is 0 Å². The second-order valence-electron chi connectivity index (χ2n) is 2.16. The van der Waals surface area contributed by atoms with Crippen molar-refractivity contribution in [2.75, 3.05) is 26.2 Å². The molecule has 0 aliphatic carbocycles. The zero-order valence-electron chi connectivity index (χ0n) is 6.63. The molecule has 0 aromatic carbocycles. The van der Waals surface area contributed by atoms with Gasteiger partial charge in [0.15, 0.2) is 5.78 Å². The maximum absolute atomic E-state index is 10.6. The number of ketones is 1. The van der Waals surface area contributed by atoms with Gasteiger partial charge in [0.05, 0.1) is 6.54 Å². The summed E-state index contributed by atoms with van der Waals surface area (Å²) in [7, 11) is 0. The van der Waals surface area contributed by atoms with E-state index in [1.54, 1.807) is 0 Å². The van der Waals surface area contributed by atoms with Crippen molar-refractivity contribution in [1.29, 1.82) is 0 Å². The molecule has 10 heavy (non-hydrogen) atoms. The van der Waals surface area contributed by atoms with Gasteiger partial charge in [0.2, 0.25) is 0 Å². The van der Waals surface area contributed by atoms with Crippen LogP contribution < -0.4 is 0 Å². The molecule has 0 atom stereocenters. The van der Waals surface area contributed by atoms with Crippen LogP contribution in [0.15, 0.2) is 0 Å². The average Bonchev–Trinajstić information content (AvgIpc) is 1.99. The highest BCUT2D eigenvalue weighted by Crippen LogP contribution is 1.85. The summed E-state index contributed by atoms with van der Waals surface area (Å²) < 4.78 is 0. The van der Waals surface area contributed by atoms with E-state index in [1.165, 1.54) is 0 Å². The lowest BCUT2D eigenvalue weighted by Crippen LogP contribution is -2.30. The molecule has 0 heterocycles. The number of aliphatic hydroxyl groups is 1. The van der Waals surface area contributed by atoms with E-state index in [0.29, 0.717) is 6.54 Å². The maximum Gasteiger partial charge on any atom is 0.172 e. The third kappa shape index (κ3) is 3.58. The largest absolute Gasteiger partial charge is 0.389 e. The number of likely N-dealkylation sites (N-methyl/N-ethyl adjacent to an activating group) is 1. The minimum absolute atomic E-state index is 0.108. The van der Waals surface area contributed by atoms with Gasteiger partial charge in [-0.1, -0.05) is 13.8 Å². The lowest BCUT2D eigenvalue weighted by atomic mass is 10.3. The summed E-state index contributed by atoms with van der Waals surface area (Å²) in [6.45, 7) is 5.76. The highest BCUT2D eigenvalue weighted by atomic mass is 16.3. The van der Waals surface area contributed by atoms with Crippen molar-refractivity contribution in [1.82, 2.24) is 4.90 Å². The zero-order chi connectivity index (χ0) is 7.98. The van der Waals surface area contributed by atoms with E-state index in [-0.39, 0.29) is 12.4 Å². The fourth-order valence-electron chi connectivity index (χ4n) is 0.747. The molecule has 0 unspecified atom stereocenters. The van der Waals surface area contributed by atoms with Crippen molar-refractivity contribution in [2.24, 2.45) is 0 Å². The predicted octanol–water partition coefficient (Wildman–Crippen LogP) is -0.110. The first-order chi connectivity index (χ1) is 4.74. The summed E-state index contributed by atoms with van der Waals surface area (Å²) in [6, 6.07) is 0. The van der Waals surface area contributed by atoms with Gasteiger partial charge in [-0.05, 0) is 13.1 Å². The average molecular weight is 145 g/mol. The Hall–Kier alpha value is -0.410. The summed E-state index contributed by atoms with van der Waals surface area (Å²) in [4.78, 5) is 12.6. The molecule has 0 saturated heterocycles. The van der Waals surface area contributed by atoms with Crippen LogP contribution in [-0.2, 0) is 4.79 Å². The van der Waals surface area contributed by atoms with Crippen molar-refractivity contribution in [3.63, 3.8) is 0 Å². The molecule has 0 amide bonds. The lowest BCUT2D eigenvalue weighted by molar-refractivity contribution is -0.122. The second-order valence-corrected chi connectivity index (χ2v) is 2.16. The van der Waals surface area contributed by atoms with Crippen LogP contribution >= 0.6 is 0 Å². The van der Waals surface area contributed by atoms with Gasteiger partial charge in [-0.3, -0.25) is 9.69 Å². The Balaban J connectivity index is 3.52. The highest BCUT2D eigenvalue weighted by Gasteiger charge is 2.04. The minimum Gasteiger partial charge on any atom is -0.389 e. The molecule has 0 aromatic rings. The topological polar surface area (TPSA) is 40.5 Å². The lowest BCUT2D eigenvalue weighted by Gasteiger charge is -2.15. The van der Waals surface area contributed by atoms with Gasteiger partial charge in [0.25, 0.3) is 0 Å². The Morgan fingerprint density at radius 3 is 2.20 bits per heavy atom. The SMILES string of the molecule is CCN(CC)CC(=O)CO. The van der Waals surface area contributed by atoms with Crippen molar-refractivity contribution >= 4 is 5.78 Å². The molecule has 0 radical (unpaired) electrons. The van der Waals surface area contributed by atoms with Crippen LogP contribution in [0.25, 0.3) is 0 Å². The number of nitrogens with zero attached hydrogens (tertiary/aromatic N) is 1. The normalized spacial score (nSPS) is 10.4. The molecular weight excluding hydrogens is 130 g/mol. The molecule has 0 spiro atoms. The van der Waals surface area contributed by atoms with Crippen LogP contribution in [0.3, 0.4) is 0 Å². The van der Waals surface area contributed by atoms with Gasteiger partial charge in [0.1, 0.15) is 6.61 Å². The molecule has 0 saturated carbocycles. The van der Waals surface area contributed by atoms with Gasteiger partial charge in [0, 0.05) is 0 Å².